The summed E-state index contributed by atoms with van der Waals surface area (Å²) in [6.07, 6.45) is 0. The van der Waals surface area contributed by atoms with Gasteiger partial charge in [-0.1, -0.05) is 18.2 Å². The van der Waals surface area contributed by atoms with Crippen LogP contribution in [0.25, 0.3) is 0 Å². The predicted molar refractivity (Wildman–Crippen MR) is 73.6 cm³/mol. The molecule has 0 bridgehead atoms. The van der Waals surface area contributed by atoms with E-state index in [1.165, 1.54) is 4.90 Å². The van der Waals surface area contributed by atoms with Gasteiger partial charge in [-0.05, 0) is 12.1 Å². The van der Waals surface area contributed by atoms with Gasteiger partial charge in [-0.2, -0.15) is 0 Å². The van der Waals surface area contributed by atoms with Crippen LogP contribution in [0.1, 0.15) is 0 Å². The Morgan fingerprint density at radius 2 is 2.00 bits per heavy atom. The number of para-hydroxylation sites is 1. The second kappa shape index (κ2) is 7.16. The maximum absolute atomic E-state index is 11.2. The van der Waals surface area contributed by atoms with Crippen LogP contribution in [0.2, 0.25) is 0 Å². The summed E-state index contributed by atoms with van der Waals surface area (Å²) < 4.78 is 0. The van der Waals surface area contributed by atoms with E-state index in [9.17, 15) is 4.79 Å². The number of anilines is 1. The Morgan fingerprint density at radius 1 is 1.33 bits per heavy atom. The van der Waals surface area contributed by atoms with Crippen LogP contribution in [0.5, 0.6) is 0 Å². The summed E-state index contributed by atoms with van der Waals surface area (Å²) >= 11 is 0. The van der Waals surface area contributed by atoms with E-state index in [0.29, 0.717) is 19.0 Å². The normalized spacial score (nSPS) is 10.9. The van der Waals surface area contributed by atoms with Crippen molar-refractivity contribution >= 4 is 17.7 Å². The standard InChI is InChI=1S/C12H19N5O/c1-17(2)12(18)15-9-8-14-11(13)16-10-6-4-3-5-7-10/h3-7H,8-9H2,1-2H3,(H,15,18)(H3,13,14,16). The zero-order chi connectivity index (χ0) is 13.4. The molecule has 0 unspecified atom stereocenters. The van der Waals surface area contributed by atoms with E-state index in [1.807, 2.05) is 30.3 Å². The van der Waals surface area contributed by atoms with Gasteiger partial charge < -0.3 is 21.3 Å². The van der Waals surface area contributed by atoms with Gasteiger partial charge in [0.2, 0.25) is 0 Å². The van der Waals surface area contributed by atoms with Crippen LogP contribution < -0.4 is 16.4 Å². The number of nitrogens with zero attached hydrogens (tertiary/aromatic N) is 2. The fraction of sp³-hybridized carbons (Fsp3) is 0.333. The van der Waals surface area contributed by atoms with E-state index < -0.39 is 0 Å². The average molecular weight is 249 g/mol. The molecule has 0 saturated heterocycles. The topological polar surface area (TPSA) is 82.8 Å². The number of carbonyl (C=O) groups is 1. The Bertz CT molecular complexity index is 402. The third kappa shape index (κ3) is 5.20. The number of urea groups is 1. The predicted octanol–water partition coefficient (Wildman–Crippen LogP) is 0.684. The van der Waals surface area contributed by atoms with Gasteiger partial charge in [-0.3, -0.25) is 4.99 Å². The molecule has 18 heavy (non-hydrogen) atoms. The minimum atomic E-state index is -0.139. The zero-order valence-electron chi connectivity index (χ0n) is 10.7. The van der Waals surface area contributed by atoms with E-state index in [0.717, 1.165) is 5.69 Å². The smallest absolute Gasteiger partial charge is 0.316 e. The molecular formula is C12H19N5O. The van der Waals surface area contributed by atoms with E-state index in [2.05, 4.69) is 15.6 Å². The lowest BCUT2D eigenvalue weighted by atomic mass is 10.3. The molecule has 6 heteroatoms. The van der Waals surface area contributed by atoms with E-state index >= 15 is 0 Å². The summed E-state index contributed by atoms with van der Waals surface area (Å²) in [4.78, 5) is 16.8. The molecule has 0 spiro atoms. The molecule has 0 radical (unpaired) electrons. The number of hydrogen-bond acceptors (Lipinski definition) is 2. The van der Waals surface area contributed by atoms with Gasteiger partial charge in [-0.25, -0.2) is 4.79 Å². The van der Waals surface area contributed by atoms with Crippen molar-refractivity contribution in [3.63, 3.8) is 0 Å². The van der Waals surface area contributed by atoms with Crippen molar-refractivity contribution < 1.29 is 4.79 Å². The van der Waals surface area contributed by atoms with Crippen molar-refractivity contribution in [2.75, 3.05) is 32.5 Å². The number of nitrogens with one attached hydrogen (secondary N) is 2. The van der Waals surface area contributed by atoms with E-state index in [-0.39, 0.29) is 6.03 Å². The monoisotopic (exact) mass is 249 g/mol. The zero-order valence-corrected chi connectivity index (χ0v) is 10.7. The number of rotatable bonds is 4. The van der Waals surface area contributed by atoms with Crippen LogP contribution >= 0.6 is 0 Å². The molecule has 1 rings (SSSR count). The second-order valence-electron chi connectivity index (χ2n) is 3.88. The van der Waals surface area contributed by atoms with Gasteiger partial charge in [0.25, 0.3) is 0 Å². The number of benzene rings is 1. The minimum Gasteiger partial charge on any atom is -0.370 e. The molecule has 0 aliphatic heterocycles. The summed E-state index contributed by atoms with van der Waals surface area (Å²) in [6, 6.07) is 9.40. The van der Waals surface area contributed by atoms with Crippen molar-refractivity contribution in [1.82, 2.24) is 10.2 Å². The van der Waals surface area contributed by atoms with Crippen LogP contribution in [-0.4, -0.2) is 44.1 Å². The molecule has 0 atom stereocenters. The third-order valence-corrected chi connectivity index (χ3v) is 2.12. The highest BCUT2D eigenvalue weighted by molar-refractivity contribution is 5.92. The molecule has 6 nitrogen and oxygen atoms in total. The third-order valence-electron chi connectivity index (χ3n) is 2.12. The lowest BCUT2D eigenvalue weighted by molar-refractivity contribution is 0.218. The van der Waals surface area contributed by atoms with Crippen LogP contribution in [0, 0.1) is 0 Å². The summed E-state index contributed by atoms with van der Waals surface area (Å²) in [5, 5.41) is 5.66. The molecule has 0 saturated carbocycles. The van der Waals surface area contributed by atoms with Gasteiger partial charge >= 0.3 is 6.03 Å². The molecule has 0 aliphatic rings. The Kier molecular flexibility index (Phi) is 5.50. The number of guanidine groups is 1. The SMILES string of the molecule is CN(C)C(=O)NCCN=C(N)Nc1ccccc1. The van der Waals surface area contributed by atoms with Gasteiger partial charge in [0.15, 0.2) is 5.96 Å². The summed E-state index contributed by atoms with van der Waals surface area (Å²) in [5.41, 5.74) is 6.58. The first-order chi connectivity index (χ1) is 8.59. The summed E-state index contributed by atoms with van der Waals surface area (Å²) in [6.45, 7) is 0.888. The van der Waals surface area contributed by atoms with Crippen LogP contribution in [0.3, 0.4) is 0 Å². The largest absolute Gasteiger partial charge is 0.370 e. The van der Waals surface area contributed by atoms with Gasteiger partial charge in [0.1, 0.15) is 0 Å². The molecular weight excluding hydrogens is 230 g/mol. The van der Waals surface area contributed by atoms with Crippen molar-refractivity contribution in [1.29, 1.82) is 0 Å². The number of amides is 2. The summed E-state index contributed by atoms with van der Waals surface area (Å²) in [7, 11) is 3.37. The highest BCUT2D eigenvalue weighted by Crippen LogP contribution is 2.03. The molecule has 1 aromatic rings. The molecule has 4 N–H and O–H groups in total. The van der Waals surface area contributed by atoms with Crippen LogP contribution in [0.4, 0.5) is 10.5 Å². The first-order valence-corrected chi connectivity index (χ1v) is 5.66. The fourth-order valence-electron chi connectivity index (χ4n) is 1.21. The Hall–Kier alpha value is -2.24. The Morgan fingerprint density at radius 3 is 2.61 bits per heavy atom. The quantitative estimate of drug-likeness (QED) is 0.417. The maximum atomic E-state index is 11.2. The first-order valence-electron chi connectivity index (χ1n) is 5.66. The molecule has 2 amide bonds. The van der Waals surface area contributed by atoms with E-state index in [4.69, 9.17) is 5.73 Å². The lowest BCUT2D eigenvalue weighted by Crippen LogP contribution is -2.36. The van der Waals surface area contributed by atoms with Crippen molar-refractivity contribution in [2.45, 2.75) is 0 Å². The van der Waals surface area contributed by atoms with Crippen LogP contribution in [0.15, 0.2) is 35.3 Å². The number of carbonyl (C=O) groups excluding carboxylic acids is 1. The second-order valence-corrected chi connectivity index (χ2v) is 3.88. The van der Waals surface area contributed by atoms with Gasteiger partial charge in [0.05, 0.1) is 6.54 Å². The molecule has 0 aromatic heterocycles. The molecule has 0 heterocycles. The highest BCUT2D eigenvalue weighted by atomic mass is 16.2. The molecule has 1 aromatic carbocycles. The number of nitrogens with two attached hydrogens (primary N) is 1. The van der Waals surface area contributed by atoms with Crippen molar-refractivity contribution in [3.8, 4) is 0 Å². The molecule has 98 valence electrons. The van der Waals surface area contributed by atoms with Crippen LogP contribution in [-0.2, 0) is 0 Å². The van der Waals surface area contributed by atoms with Gasteiger partial charge in [-0.15, -0.1) is 0 Å². The maximum Gasteiger partial charge on any atom is 0.316 e. The molecule has 0 aliphatic carbocycles. The number of aliphatic imine (C=N–C) groups is 1. The van der Waals surface area contributed by atoms with E-state index in [1.54, 1.807) is 14.1 Å². The van der Waals surface area contributed by atoms with Gasteiger partial charge in [0, 0.05) is 26.3 Å². The Labute approximate surface area is 107 Å². The first kappa shape index (κ1) is 13.8. The van der Waals surface area contributed by atoms with Crippen molar-refractivity contribution in [2.24, 2.45) is 10.7 Å². The highest BCUT2D eigenvalue weighted by Gasteiger charge is 2.00. The lowest BCUT2D eigenvalue weighted by Gasteiger charge is -2.11. The summed E-state index contributed by atoms with van der Waals surface area (Å²) in [5.74, 6) is 0.334. The number of hydrogen-bond donors (Lipinski definition) is 3. The fourth-order valence-corrected chi connectivity index (χ4v) is 1.21. The minimum absolute atomic E-state index is 0.139. The van der Waals surface area contributed by atoms with Crippen molar-refractivity contribution in [3.05, 3.63) is 30.3 Å². The Balaban J connectivity index is 2.28. The average Bonchev–Trinajstić information content (AvgIpc) is 2.35. The molecule has 0 fully saturated rings.